The van der Waals surface area contributed by atoms with Crippen LogP contribution >= 0.6 is 11.8 Å². The number of benzene rings is 1. The van der Waals surface area contributed by atoms with Gasteiger partial charge < -0.3 is 10.1 Å². The fraction of sp³-hybridized carbons (Fsp3) is 0.476. The summed E-state index contributed by atoms with van der Waals surface area (Å²) >= 11 is 1.66. The van der Waals surface area contributed by atoms with Gasteiger partial charge in [-0.05, 0) is 62.9 Å². The van der Waals surface area contributed by atoms with Gasteiger partial charge in [0.2, 0.25) is 0 Å². The molecular formula is C21H26N4O2S. The van der Waals surface area contributed by atoms with E-state index >= 15 is 0 Å². The molecule has 148 valence electrons. The van der Waals surface area contributed by atoms with E-state index in [-0.39, 0.29) is 5.97 Å². The van der Waals surface area contributed by atoms with Crippen molar-refractivity contribution >= 4 is 29.2 Å². The van der Waals surface area contributed by atoms with Crippen molar-refractivity contribution in [3.63, 3.8) is 0 Å². The molecule has 4 rings (SSSR count). The number of esters is 1. The molecule has 0 radical (unpaired) electrons. The third-order valence-electron chi connectivity index (χ3n) is 5.34. The lowest BCUT2D eigenvalue weighted by atomic mass is 9.92. The molecule has 0 spiro atoms. The van der Waals surface area contributed by atoms with Crippen LogP contribution in [0.4, 0.5) is 11.5 Å². The highest BCUT2D eigenvalue weighted by Gasteiger charge is 2.22. The van der Waals surface area contributed by atoms with Crippen molar-refractivity contribution in [1.82, 2.24) is 14.9 Å². The summed E-state index contributed by atoms with van der Waals surface area (Å²) in [5.41, 5.74) is 2.42. The highest BCUT2D eigenvalue weighted by Crippen LogP contribution is 2.42. The predicted molar refractivity (Wildman–Crippen MR) is 110 cm³/mol. The minimum absolute atomic E-state index is 0.0596. The van der Waals surface area contributed by atoms with E-state index in [1.165, 1.54) is 10.5 Å². The standard InChI is InChI=1S/C21H26N4O2S/c1-2-27-19(26)6-4-15-7-11-25(12-8-15)14-16-3-5-18-17(13-16)24-20-21(28-18)23-10-9-22-20/h3,5,9-10,13,15H,2,4,6-8,11-12,14H2,1H3,(H,22,24). The summed E-state index contributed by atoms with van der Waals surface area (Å²) in [6, 6.07) is 6.61. The lowest BCUT2D eigenvalue weighted by molar-refractivity contribution is -0.143. The number of ether oxygens (including phenoxy) is 1. The monoisotopic (exact) mass is 398 g/mol. The van der Waals surface area contributed by atoms with Gasteiger partial charge >= 0.3 is 5.97 Å². The van der Waals surface area contributed by atoms with Gasteiger partial charge in [-0.2, -0.15) is 0 Å². The summed E-state index contributed by atoms with van der Waals surface area (Å²) in [5.74, 6) is 1.41. The number of piperidine rings is 1. The second kappa shape index (κ2) is 8.92. The Morgan fingerprint density at radius 3 is 2.93 bits per heavy atom. The number of likely N-dealkylation sites (tertiary alicyclic amines) is 1. The molecule has 7 heteroatoms. The molecule has 0 saturated carbocycles. The largest absolute Gasteiger partial charge is 0.466 e. The molecule has 1 saturated heterocycles. The van der Waals surface area contributed by atoms with Gasteiger partial charge in [-0.3, -0.25) is 9.69 Å². The molecular weight excluding hydrogens is 372 g/mol. The van der Waals surface area contributed by atoms with Crippen LogP contribution in [0.25, 0.3) is 0 Å². The summed E-state index contributed by atoms with van der Waals surface area (Å²) in [7, 11) is 0. The number of aromatic nitrogens is 2. The van der Waals surface area contributed by atoms with E-state index in [1.807, 2.05) is 6.92 Å². The van der Waals surface area contributed by atoms with Crippen LogP contribution in [-0.4, -0.2) is 40.5 Å². The van der Waals surface area contributed by atoms with Crippen LogP contribution in [0.5, 0.6) is 0 Å². The molecule has 0 aliphatic carbocycles. The van der Waals surface area contributed by atoms with Gasteiger partial charge in [0.1, 0.15) is 5.03 Å². The third kappa shape index (κ3) is 4.64. The van der Waals surface area contributed by atoms with Crippen molar-refractivity contribution in [2.75, 3.05) is 25.0 Å². The van der Waals surface area contributed by atoms with Crippen molar-refractivity contribution in [2.24, 2.45) is 5.92 Å². The molecule has 0 unspecified atom stereocenters. The zero-order chi connectivity index (χ0) is 19.3. The van der Waals surface area contributed by atoms with E-state index < -0.39 is 0 Å². The summed E-state index contributed by atoms with van der Waals surface area (Å²) in [6.45, 7) is 5.46. The molecule has 2 aliphatic rings. The van der Waals surface area contributed by atoms with Crippen molar-refractivity contribution in [3.8, 4) is 0 Å². The number of fused-ring (bicyclic) bond motifs is 2. The van der Waals surface area contributed by atoms with E-state index in [0.717, 1.165) is 55.4 Å². The van der Waals surface area contributed by atoms with Gasteiger partial charge in [0.25, 0.3) is 0 Å². The molecule has 1 aromatic heterocycles. The minimum Gasteiger partial charge on any atom is -0.466 e. The van der Waals surface area contributed by atoms with Crippen LogP contribution in [0.3, 0.4) is 0 Å². The molecule has 1 aromatic carbocycles. The first-order chi connectivity index (χ1) is 13.7. The van der Waals surface area contributed by atoms with E-state index in [1.54, 1.807) is 24.2 Å². The van der Waals surface area contributed by atoms with Gasteiger partial charge in [-0.15, -0.1) is 0 Å². The summed E-state index contributed by atoms with van der Waals surface area (Å²) in [5, 5.41) is 4.33. The first-order valence-electron chi connectivity index (χ1n) is 9.98. The first-order valence-corrected chi connectivity index (χ1v) is 10.8. The third-order valence-corrected chi connectivity index (χ3v) is 6.41. The van der Waals surface area contributed by atoms with E-state index in [4.69, 9.17) is 4.74 Å². The molecule has 1 fully saturated rings. The Kier molecular flexibility index (Phi) is 6.12. The molecule has 0 atom stereocenters. The normalized spacial score (nSPS) is 16.8. The molecule has 6 nitrogen and oxygen atoms in total. The van der Waals surface area contributed by atoms with Crippen LogP contribution in [0.2, 0.25) is 0 Å². The van der Waals surface area contributed by atoms with Gasteiger partial charge in [-0.1, -0.05) is 17.8 Å². The van der Waals surface area contributed by atoms with Crippen LogP contribution < -0.4 is 5.32 Å². The second-order valence-corrected chi connectivity index (χ2v) is 8.36. The molecule has 28 heavy (non-hydrogen) atoms. The summed E-state index contributed by atoms with van der Waals surface area (Å²) in [4.78, 5) is 24.0. The molecule has 3 heterocycles. The summed E-state index contributed by atoms with van der Waals surface area (Å²) < 4.78 is 5.04. The smallest absolute Gasteiger partial charge is 0.305 e. The minimum atomic E-state index is -0.0596. The average molecular weight is 399 g/mol. The average Bonchev–Trinajstić information content (AvgIpc) is 2.72. The number of hydrogen-bond donors (Lipinski definition) is 1. The number of anilines is 2. The topological polar surface area (TPSA) is 67.3 Å². The van der Waals surface area contributed by atoms with Gasteiger partial charge in [-0.25, -0.2) is 9.97 Å². The molecule has 2 aliphatic heterocycles. The number of nitrogens with one attached hydrogen (secondary N) is 1. The first kappa shape index (κ1) is 19.2. The summed E-state index contributed by atoms with van der Waals surface area (Å²) in [6.07, 6.45) is 7.25. The van der Waals surface area contributed by atoms with Crippen molar-refractivity contribution in [2.45, 2.75) is 49.1 Å². The maximum absolute atomic E-state index is 11.5. The van der Waals surface area contributed by atoms with E-state index in [0.29, 0.717) is 18.9 Å². The van der Waals surface area contributed by atoms with Gasteiger partial charge in [0.05, 0.1) is 12.3 Å². The molecule has 1 N–H and O–H groups in total. The lowest BCUT2D eigenvalue weighted by Gasteiger charge is -2.32. The maximum atomic E-state index is 11.5. The Balaban J connectivity index is 1.29. The van der Waals surface area contributed by atoms with Gasteiger partial charge in [0, 0.05) is 30.3 Å². The quantitative estimate of drug-likeness (QED) is 0.623. The maximum Gasteiger partial charge on any atom is 0.305 e. The Bertz CT molecular complexity index is 837. The van der Waals surface area contributed by atoms with Crippen molar-refractivity contribution < 1.29 is 9.53 Å². The number of carbonyl (C=O) groups is 1. The van der Waals surface area contributed by atoms with E-state index in [9.17, 15) is 4.79 Å². The number of hydrogen-bond acceptors (Lipinski definition) is 7. The number of carbonyl (C=O) groups excluding carboxylic acids is 1. The van der Waals surface area contributed by atoms with Crippen LogP contribution in [0.1, 0.15) is 38.2 Å². The van der Waals surface area contributed by atoms with Crippen LogP contribution in [0.15, 0.2) is 40.5 Å². The Hall–Kier alpha value is -2.12. The van der Waals surface area contributed by atoms with Gasteiger partial charge in [0.15, 0.2) is 5.82 Å². The Morgan fingerprint density at radius 2 is 2.11 bits per heavy atom. The number of rotatable bonds is 6. The Labute approximate surface area is 170 Å². The molecule has 0 bridgehead atoms. The van der Waals surface area contributed by atoms with Crippen LogP contribution in [-0.2, 0) is 16.1 Å². The fourth-order valence-corrected chi connectivity index (χ4v) is 4.70. The van der Waals surface area contributed by atoms with E-state index in [2.05, 4.69) is 38.4 Å². The predicted octanol–water partition coefficient (Wildman–Crippen LogP) is 4.24. The van der Waals surface area contributed by atoms with Crippen LogP contribution in [0, 0.1) is 5.92 Å². The fourth-order valence-electron chi connectivity index (χ4n) is 3.83. The zero-order valence-electron chi connectivity index (χ0n) is 16.2. The van der Waals surface area contributed by atoms with Crippen molar-refractivity contribution in [3.05, 3.63) is 36.2 Å². The highest BCUT2D eigenvalue weighted by molar-refractivity contribution is 7.99. The molecule has 0 amide bonds. The zero-order valence-corrected chi connectivity index (χ0v) is 17.0. The highest BCUT2D eigenvalue weighted by atomic mass is 32.2. The second-order valence-electron chi connectivity index (χ2n) is 7.33. The molecule has 2 aromatic rings. The lowest BCUT2D eigenvalue weighted by Crippen LogP contribution is -2.33. The SMILES string of the molecule is CCOC(=O)CCC1CCN(Cc2ccc3c(c2)Nc2nccnc2S3)CC1. The number of nitrogens with zero attached hydrogens (tertiary/aromatic N) is 3. The Morgan fingerprint density at radius 1 is 1.29 bits per heavy atom. The van der Waals surface area contributed by atoms with Crippen molar-refractivity contribution in [1.29, 1.82) is 0 Å².